The first kappa shape index (κ1) is 20.1. The number of carboxylic acid groups (broad SMARTS) is 1. The molecule has 1 atom stereocenters. The van der Waals surface area contributed by atoms with E-state index in [9.17, 15) is 14.7 Å². The molecular weight excluding hydrogens is 408 g/mol. The molecule has 0 aliphatic carbocycles. The third kappa shape index (κ3) is 3.17. The molecular formula is C20H20N4O5S. The third-order valence-electron chi connectivity index (χ3n) is 5.12. The summed E-state index contributed by atoms with van der Waals surface area (Å²) >= 11 is 0.949. The minimum atomic E-state index is -1.09. The molecule has 2 N–H and O–H groups in total. The summed E-state index contributed by atoms with van der Waals surface area (Å²) in [7, 11) is 1.57. The van der Waals surface area contributed by atoms with Gasteiger partial charge in [0.05, 0.1) is 24.6 Å². The first-order chi connectivity index (χ1) is 14.1. The van der Waals surface area contributed by atoms with Gasteiger partial charge in [0.2, 0.25) is 11.0 Å². The van der Waals surface area contributed by atoms with Gasteiger partial charge in [-0.25, -0.2) is 0 Å². The highest BCUT2D eigenvalue weighted by Gasteiger charge is 2.34. The van der Waals surface area contributed by atoms with Crippen LogP contribution in [0.3, 0.4) is 0 Å². The molecule has 9 nitrogen and oxygen atoms in total. The standard InChI is InChI=1S/C20H20N4O5S/c1-9-8-20(2,3)24-16-11(9)5-10(29-4)6-12(16)15(18(24)28)22-23-19-21-17(27)13(30-19)7-14(25)26/h5-6,8,13,28H,7H2,1-4H3,(H,25,26). The Balaban J connectivity index is 1.81. The number of aromatic nitrogens is 1. The maximum atomic E-state index is 11.9. The molecule has 0 saturated carbocycles. The van der Waals surface area contributed by atoms with Crippen molar-refractivity contribution in [2.75, 3.05) is 7.11 Å². The van der Waals surface area contributed by atoms with E-state index >= 15 is 0 Å². The third-order valence-corrected chi connectivity index (χ3v) is 6.15. The number of aromatic hydroxyl groups is 1. The molecule has 0 saturated heterocycles. The second-order valence-electron chi connectivity index (χ2n) is 7.70. The Kier molecular flexibility index (Phi) is 4.69. The Morgan fingerprint density at radius 2 is 2.10 bits per heavy atom. The highest BCUT2D eigenvalue weighted by molar-refractivity contribution is 8.15. The van der Waals surface area contributed by atoms with E-state index in [0.29, 0.717) is 11.1 Å². The van der Waals surface area contributed by atoms with Crippen molar-refractivity contribution in [2.24, 2.45) is 15.2 Å². The minimum absolute atomic E-state index is 0.0611. The van der Waals surface area contributed by atoms with Crippen LogP contribution in [-0.2, 0) is 15.1 Å². The molecule has 1 aromatic heterocycles. The van der Waals surface area contributed by atoms with Crippen LogP contribution in [0.1, 0.15) is 32.8 Å². The van der Waals surface area contributed by atoms with Gasteiger partial charge in [-0.15, -0.1) is 10.2 Å². The maximum Gasteiger partial charge on any atom is 0.305 e. The maximum absolute atomic E-state index is 11.9. The summed E-state index contributed by atoms with van der Waals surface area (Å²) < 4.78 is 7.21. The lowest BCUT2D eigenvalue weighted by atomic mass is 9.92. The molecule has 2 aliphatic heterocycles. The predicted octanol–water partition coefficient (Wildman–Crippen LogP) is 4.06. The monoisotopic (exact) mass is 428 g/mol. The number of nitrogens with zero attached hydrogens (tertiary/aromatic N) is 4. The summed E-state index contributed by atoms with van der Waals surface area (Å²) in [6.45, 7) is 5.97. The Morgan fingerprint density at radius 3 is 2.77 bits per heavy atom. The quantitative estimate of drug-likeness (QED) is 0.707. The molecule has 1 aromatic carbocycles. The minimum Gasteiger partial charge on any atom is -0.497 e. The summed E-state index contributed by atoms with van der Waals surface area (Å²) in [5, 5.41) is 28.0. The molecule has 0 spiro atoms. The lowest BCUT2D eigenvalue weighted by molar-refractivity contribution is -0.138. The first-order valence-electron chi connectivity index (χ1n) is 9.21. The van der Waals surface area contributed by atoms with Gasteiger partial charge in [-0.2, -0.15) is 4.99 Å². The Labute approximate surface area is 176 Å². The van der Waals surface area contributed by atoms with E-state index in [1.54, 1.807) is 17.7 Å². The number of azo groups is 1. The van der Waals surface area contributed by atoms with Crippen molar-refractivity contribution in [3.8, 4) is 11.6 Å². The molecule has 0 bridgehead atoms. The Bertz CT molecular complexity index is 1190. The van der Waals surface area contributed by atoms with Gasteiger partial charge >= 0.3 is 5.97 Å². The van der Waals surface area contributed by atoms with Crippen molar-refractivity contribution in [1.82, 2.24) is 4.57 Å². The van der Waals surface area contributed by atoms with E-state index in [0.717, 1.165) is 28.4 Å². The van der Waals surface area contributed by atoms with Crippen LogP contribution in [0.5, 0.6) is 11.6 Å². The average molecular weight is 428 g/mol. The van der Waals surface area contributed by atoms with Crippen molar-refractivity contribution < 1.29 is 24.5 Å². The molecule has 2 aromatic rings. The van der Waals surface area contributed by atoms with E-state index in [-0.39, 0.29) is 23.2 Å². The molecule has 2 aliphatic rings. The van der Waals surface area contributed by atoms with E-state index in [4.69, 9.17) is 9.84 Å². The molecule has 1 amide bonds. The number of aliphatic imine (C=N–C) groups is 1. The van der Waals surface area contributed by atoms with Crippen molar-refractivity contribution in [3.63, 3.8) is 0 Å². The van der Waals surface area contributed by atoms with Crippen molar-refractivity contribution in [2.45, 2.75) is 38.0 Å². The number of rotatable bonds is 4. The van der Waals surface area contributed by atoms with Gasteiger partial charge in [-0.1, -0.05) is 17.8 Å². The fourth-order valence-electron chi connectivity index (χ4n) is 3.91. The van der Waals surface area contributed by atoms with Gasteiger partial charge in [-0.05, 0) is 38.5 Å². The number of carboxylic acids is 1. The number of ether oxygens (including phenoxy) is 1. The van der Waals surface area contributed by atoms with Crippen LogP contribution in [0, 0.1) is 0 Å². The number of allylic oxidation sites excluding steroid dienone is 2. The molecule has 0 fully saturated rings. The number of carbonyl (C=O) groups is 2. The van der Waals surface area contributed by atoms with Crippen LogP contribution < -0.4 is 4.74 Å². The second kappa shape index (κ2) is 6.98. The number of amides is 1. The normalized spacial score (nSPS) is 20.0. The van der Waals surface area contributed by atoms with E-state index < -0.39 is 22.7 Å². The number of amidine groups is 1. The first-order valence-corrected chi connectivity index (χ1v) is 10.1. The van der Waals surface area contributed by atoms with Crippen LogP contribution >= 0.6 is 11.8 Å². The summed E-state index contributed by atoms with van der Waals surface area (Å²) in [6.07, 6.45) is 1.72. The molecule has 156 valence electrons. The highest BCUT2D eigenvalue weighted by Crippen LogP contribution is 2.49. The van der Waals surface area contributed by atoms with Crippen molar-refractivity contribution in [1.29, 1.82) is 0 Å². The number of aliphatic carboxylic acids is 1. The zero-order valence-electron chi connectivity index (χ0n) is 16.8. The lowest BCUT2D eigenvalue weighted by Crippen LogP contribution is -2.26. The predicted molar refractivity (Wildman–Crippen MR) is 114 cm³/mol. The van der Waals surface area contributed by atoms with Crippen LogP contribution in [0.15, 0.2) is 33.4 Å². The summed E-state index contributed by atoms with van der Waals surface area (Å²) in [4.78, 5) is 26.5. The molecule has 30 heavy (non-hydrogen) atoms. The number of methoxy groups -OCH3 is 1. The van der Waals surface area contributed by atoms with Gasteiger partial charge < -0.3 is 19.5 Å². The largest absolute Gasteiger partial charge is 0.497 e. The molecule has 3 heterocycles. The summed E-state index contributed by atoms with van der Waals surface area (Å²) in [6, 6.07) is 3.69. The number of hydrogen-bond acceptors (Lipinski definition) is 7. The molecule has 10 heteroatoms. The summed E-state index contributed by atoms with van der Waals surface area (Å²) in [5.41, 5.74) is 2.52. The lowest BCUT2D eigenvalue weighted by Gasteiger charge is -2.31. The van der Waals surface area contributed by atoms with Crippen molar-refractivity contribution in [3.05, 3.63) is 23.8 Å². The van der Waals surface area contributed by atoms with Gasteiger partial charge in [0.25, 0.3) is 5.91 Å². The van der Waals surface area contributed by atoms with Crippen molar-refractivity contribution >= 4 is 51.0 Å². The summed E-state index contributed by atoms with van der Waals surface area (Å²) in [5.74, 6) is -1.08. The SMILES string of the molecule is COc1cc2c3c(c1)c(N=NC1=NC(=O)C(CC(=O)O)S1)c(O)n3C(C)(C)C=C2C. The Hall–Kier alpha value is -3.14. The molecule has 4 rings (SSSR count). The van der Waals surface area contributed by atoms with E-state index in [1.807, 2.05) is 26.8 Å². The smallest absolute Gasteiger partial charge is 0.305 e. The van der Waals surface area contributed by atoms with E-state index in [1.165, 1.54) is 0 Å². The van der Waals surface area contributed by atoms with Crippen LogP contribution in [0.25, 0.3) is 16.5 Å². The number of hydrogen-bond donors (Lipinski definition) is 2. The van der Waals surface area contributed by atoms with Crippen LogP contribution in [0.4, 0.5) is 5.69 Å². The highest BCUT2D eigenvalue weighted by atomic mass is 32.2. The average Bonchev–Trinajstić information content (AvgIpc) is 3.14. The topological polar surface area (TPSA) is 126 Å². The van der Waals surface area contributed by atoms with Gasteiger partial charge in [0.15, 0.2) is 5.69 Å². The van der Waals surface area contributed by atoms with Gasteiger partial charge in [-0.3, -0.25) is 9.59 Å². The number of benzene rings is 1. The number of thioether (sulfide) groups is 1. The fraction of sp³-hybridized carbons (Fsp3) is 0.350. The van der Waals surface area contributed by atoms with E-state index in [2.05, 4.69) is 21.3 Å². The van der Waals surface area contributed by atoms with Gasteiger partial charge in [0.1, 0.15) is 11.0 Å². The molecule has 0 radical (unpaired) electrons. The molecule has 1 unspecified atom stereocenters. The zero-order valence-corrected chi connectivity index (χ0v) is 17.6. The zero-order chi connectivity index (χ0) is 21.8. The van der Waals surface area contributed by atoms with Crippen LogP contribution in [-0.4, -0.2) is 44.2 Å². The van der Waals surface area contributed by atoms with Gasteiger partial charge in [0, 0.05) is 10.9 Å². The number of carbonyl (C=O) groups excluding carboxylic acids is 1. The fourth-order valence-corrected chi connectivity index (χ4v) is 4.77. The Morgan fingerprint density at radius 1 is 1.37 bits per heavy atom. The second-order valence-corrected chi connectivity index (χ2v) is 8.87. The van der Waals surface area contributed by atoms with Crippen LogP contribution in [0.2, 0.25) is 0 Å².